The lowest BCUT2D eigenvalue weighted by molar-refractivity contribution is 0.940. The summed E-state index contributed by atoms with van der Waals surface area (Å²) in [4.78, 5) is 0. The molecule has 13 heavy (non-hydrogen) atoms. The highest BCUT2D eigenvalue weighted by molar-refractivity contribution is 5.37. The van der Waals surface area contributed by atoms with E-state index in [1.54, 1.807) is 0 Å². The number of benzene rings is 1. The molecule has 0 aromatic heterocycles. The Morgan fingerprint density at radius 1 is 1.46 bits per heavy atom. The van der Waals surface area contributed by atoms with Crippen LogP contribution in [0.3, 0.4) is 0 Å². The topological polar surface area (TPSA) is 0 Å². The summed E-state index contributed by atoms with van der Waals surface area (Å²) in [6.45, 7) is 10.4. The lowest BCUT2D eigenvalue weighted by atomic mass is 9.92. The van der Waals surface area contributed by atoms with Gasteiger partial charge in [0.25, 0.3) is 0 Å². The number of allylic oxidation sites excluding steroid dienone is 1. The maximum absolute atomic E-state index is 3.83. The number of hydrogen-bond donors (Lipinski definition) is 0. The fourth-order valence-corrected chi connectivity index (χ4v) is 1.71. The van der Waals surface area contributed by atoms with Crippen LogP contribution in [0.1, 0.15) is 36.5 Å². The van der Waals surface area contributed by atoms with Gasteiger partial charge in [0.2, 0.25) is 0 Å². The van der Waals surface area contributed by atoms with Crippen LogP contribution < -0.4 is 0 Å². The van der Waals surface area contributed by atoms with E-state index in [0.717, 1.165) is 6.42 Å². The normalized spacial score (nSPS) is 12.5. The van der Waals surface area contributed by atoms with Crippen molar-refractivity contribution in [2.24, 2.45) is 0 Å². The third kappa shape index (κ3) is 2.00. The first kappa shape index (κ1) is 10.0. The highest BCUT2D eigenvalue weighted by Gasteiger charge is 2.06. The van der Waals surface area contributed by atoms with E-state index in [2.05, 4.69) is 45.5 Å². The van der Waals surface area contributed by atoms with Crippen molar-refractivity contribution in [2.45, 2.75) is 33.1 Å². The van der Waals surface area contributed by atoms with Gasteiger partial charge in [-0.1, -0.05) is 38.1 Å². The van der Waals surface area contributed by atoms with Gasteiger partial charge in [0, 0.05) is 0 Å². The second-order valence-corrected chi connectivity index (χ2v) is 3.51. The van der Waals surface area contributed by atoms with Crippen LogP contribution in [0.15, 0.2) is 30.9 Å². The van der Waals surface area contributed by atoms with Crippen molar-refractivity contribution in [1.82, 2.24) is 0 Å². The summed E-state index contributed by atoms with van der Waals surface area (Å²) in [5.41, 5.74) is 4.29. The first-order chi connectivity index (χ1) is 6.20. The summed E-state index contributed by atoms with van der Waals surface area (Å²) >= 11 is 0. The van der Waals surface area contributed by atoms with Crippen LogP contribution in [0.25, 0.3) is 0 Å². The van der Waals surface area contributed by atoms with Gasteiger partial charge in [-0.05, 0) is 36.0 Å². The van der Waals surface area contributed by atoms with Crippen molar-refractivity contribution in [3.63, 3.8) is 0 Å². The zero-order valence-corrected chi connectivity index (χ0v) is 8.80. The predicted molar refractivity (Wildman–Crippen MR) is 59.2 cm³/mol. The van der Waals surface area contributed by atoms with Crippen molar-refractivity contribution in [1.29, 1.82) is 0 Å². The minimum Gasteiger partial charge on any atom is -0.102 e. The van der Waals surface area contributed by atoms with Gasteiger partial charge < -0.3 is 0 Å². The molecule has 0 aliphatic rings. The van der Waals surface area contributed by atoms with E-state index < -0.39 is 0 Å². The number of rotatable bonds is 3. The number of hydrogen-bond acceptors (Lipinski definition) is 0. The molecule has 0 amide bonds. The average Bonchev–Trinajstić information content (AvgIpc) is 2.17. The molecule has 0 heteroatoms. The van der Waals surface area contributed by atoms with Gasteiger partial charge in [0.15, 0.2) is 0 Å². The highest BCUT2D eigenvalue weighted by Crippen LogP contribution is 2.23. The highest BCUT2D eigenvalue weighted by atomic mass is 14.1. The summed E-state index contributed by atoms with van der Waals surface area (Å²) in [6, 6.07) is 6.54. The first-order valence-corrected chi connectivity index (χ1v) is 4.91. The molecule has 1 aromatic rings. The Bertz CT molecular complexity index is 297. The minimum absolute atomic E-state index is 0.464. The largest absolute Gasteiger partial charge is 0.102 e. The van der Waals surface area contributed by atoms with Crippen LogP contribution >= 0.6 is 0 Å². The molecular weight excluding hydrogens is 156 g/mol. The van der Waals surface area contributed by atoms with Crippen LogP contribution in [-0.2, 0) is 6.42 Å². The van der Waals surface area contributed by atoms with Crippen molar-refractivity contribution in [2.75, 3.05) is 0 Å². The molecule has 0 radical (unpaired) electrons. The van der Waals surface area contributed by atoms with Crippen LogP contribution in [0.4, 0.5) is 0 Å². The molecule has 0 saturated carbocycles. The molecule has 1 atom stereocenters. The van der Waals surface area contributed by atoms with E-state index >= 15 is 0 Å². The molecule has 0 N–H and O–H groups in total. The quantitative estimate of drug-likeness (QED) is 0.611. The van der Waals surface area contributed by atoms with E-state index in [4.69, 9.17) is 0 Å². The van der Waals surface area contributed by atoms with E-state index in [-0.39, 0.29) is 0 Å². The molecule has 0 fully saturated rings. The monoisotopic (exact) mass is 174 g/mol. The van der Waals surface area contributed by atoms with Gasteiger partial charge in [-0.15, -0.1) is 6.58 Å². The summed E-state index contributed by atoms with van der Waals surface area (Å²) in [5, 5.41) is 0. The lowest BCUT2D eigenvalue weighted by Gasteiger charge is -2.13. The van der Waals surface area contributed by atoms with Gasteiger partial charge in [-0.25, -0.2) is 0 Å². The molecule has 0 nitrogen and oxygen atoms in total. The molecule has 0 spiro atoms. The SMILES string of the molecule is C=CC(C)c1cccc(CC)c1C. The van der Waals surface area contributed by atoms with Crippen molar-refractivity contribution < 1.29 is 0 Å². The van der Waals surface area contributed by atoms with E-state index in [1.807, 2.05) is 6.08 Å². The second kappa shape index (κ2) is 4.27. The van der Waals surface area contributed by atoms with Crippen LogP contribution in [0.5, 0.6) is 0 Å². The van der Waals surface area contributed by atoms with Crippen molar-refractivity contribution >= 4 is 0 Å². The average molecular weight is 174 g/mol. The smallest absolute Gasteiger partial charge is 0.00104 e. The van der Waals surface area contributed by atoms with Crippen LogP contribution in [0.2, 0.25) is 0 Å². The summed E-state index contributed by atoms with van der Waals surface area (Å²) in [5.74, 6) is 0.464. The fourth-order valence-electron chi connectivity index (χ4n) is 1.71. The Morgan fingerprint density at radius 2 is 2.15 bits per heavy atom. The molecule has 0 heterocycles. The Morgan fingerprint density at radius 3 is 2.69 bits per heavy atom. The predicted octanol–water partition coefficient (Wildman–Crippen LogP) is 3.85. The fraction of sp³-hybridized carbons (Fsp3) is 0.385. The zero-order valence-electron chi connectivity index (χ0n) is 8.80. The maximum Gasteiger partial charge on any atom is -0.00104 e. The Kier molecular flexibility index (Phi) is 3.30. The Balaban J connectivity index is 3.14. The third-order valence-electron chi connectivity index (χ3n) is 2.71. The zero-order chi connectivity index (χ0) is 9.84. The standard InChI is InChI=1S/C13H18/c1-5-10(3)13-9-7-8-12(6-2)11(13)4/h5,7-10H,1,6H2,2-4H3. The minimum atomic E-state index is 0.464. The van der Waals surface area contributed by atoms with Gasteiger partial charge in [-0.2, -0.15) is 0 Å². The number of aryl methyl sites for hydroxylation is 1. The second-order valence-electron chi connectivity index (χ2n) is 3.51. The van der Waals surface area contributed by atoms with E-state index in [1.165, 1.54) is 16.7 Å². The molecule has 0 bridgehead atoms. The molecule has 0 saturated heterocycles. The van der Waals surface area contributed by atoms with Gasteiger partial charge >= 0.3 is 0 Å². The van der Waals surface area contributed by atoms with E-state index in [9.17, 15) is 0 Å². The molecular formula is C13H18. The Labute approximate surface area is 81.3 Å². The summed E-state index contributed by atoms with van der Waals surface area (Å²) in [7, 11) is 0. The maximum atomic E-state index is 3.83. The lowest BCUT2D eigenvalue weighted by Crippen LogP contribution is -1.96. The molecule has 1 unspecified atom stereocenters. The third-order valence-corrected chi connectivity index (χ3v) is 2.71. The summed E-state index contributed by atoms with van der Waals surface area (Å²) in [6.07, 6.45) is 3.12. The first-order valence-electron chi connectivity index (χ1n) is 4.91. The molecule has 1 rings (SSSR count). The van der Waals surface area contributed by atoms with Gasteiger partial charge in [0.05, 0.1) is 0 Å². The molecule has 0 aliphatic heterocycles. The van der Waals surface area contributed by atoms with Gasteiger partial charge in [-0.3, -0.25) is 0 Å². The van der Waals surface area contributed by atoms with Crippen LogP contribution in [-0.4, -0.2) is 0 Å². The van der Waals surface area contributed by atoms with Crippen molar-refractivity contribution in [3.05, 3.63) is 47.5 Å². The van der Waals surface area contributed by atoms with Crippen LogP contribution in [0, 0.1) is 6.92 Å². The molecule has 70 valence electrons. The van der Waals surface area contributed by atoms with Crippen molar-refractivity contribution in [3.8, 4) is 0 Å². The molecule has 1 aromatic carbocycles. The molecule has 0 aliphatic carbocycles. The summed E-state index contributed by atoms with van der Waals surface area (Å²) < 4.78 is 0. The van der Waals surface area contributed by atoms with E-state index in [0.29, 0.717) is 5.92 Å². The van der Waals surface area contributed by atoms with Gasteiger partial charge in [0.1, 0.15) is 0 Å². The Hall–Kier alpha value is -1.04.